The quantitative estimate of drug-likeness (QED) is 0.245. The maximum Gasteiger partial charge on any atom is 0.156 e. The van der Waals surface area contributed by atoms with Crippen molar-refractivity contribution in [3.63, 3.8) is 0 Å². The lowest BCUT2D eigenvalue weighted by atomic mass is 9.18. The van der Waals surface area contributed by atoms with Gasteiger partial charge < -0.3 is 0 Å². The van der Waals surface area contributed by atoms with Gasteiger partial charge in [-0.25, -0.2) is 0 Å². The van der Waals surface area contributed by atoms with E-state index in [2.05, 4.69) is 114 Å². The molecule has 0 radical (unpaired) electrons. The Morgan fingerprint density at radius 2 is 0.505 bits per heavy atom. The Bertz CT molecular complexity index is 2490. The highest BCUT2D eigenvalue weighted by molar-refractivity contribution is 6.65. The molecule has 0 N–H and O–H groups in total. The minimum absolute atomic E-state index is 0.359. The van der Waals surface area contributed by atoms with E-state index in [4.69, 9.17) is 0 Å². The summed E-state index contributed by atoms with van der Waals surface area (Å²) >= 11 is 0. The highest BCUT2D eigenvalue weighted by atomic mass is 15.3. The molecule has 17 rings (SSSR count). The molecular weight excluding hydrogens is 1170 g/mol. The fourth-order valence-corrected chi connectivity index (χ4v) is 34.2. The molecule has 15 aliphatic carbocycles. The van der Waals surface area contributed by atoms with Gasteiger partial charge in [-0.2, -0.15) is 0 Å². The lowest BCUT2D eigenvalue weighted by molar-refractivity contribution is -0.157. The van der Waals surface area contributed by atoms with E-state index in [1.54, 1.807) is 218 Å². The zero-order valence-corrected chi connectivity index (χ0v) is 66.9. The summed E-state index contributed by atoms with van der Waals surface area (Å²) in [6.07, 6.45) is 63.0. The molecule has 2 nitrogen and oxygen atoms in total. The van der Waals surface area contributed by atoms with Crippen molar-refractivity contribution in [3.05, 3.63) is 0 Å². The van der Waals surface area contributed by atoms with Crippen LogP contribution in [0.5, 0.6) is 0 Å². The van der Waals surface area contributed by atoms with Crippen molar-refractivity contribution in [2.45, 2.75) is 414 Å². The maximum atomic E-state index is 3.74. The average Bonchev–Trinajstić information content (AvgIpc) is 0.728. The second-order valence-corrected chi connectivity index (χ2v) is 47.5. The van der Waals surface area contributed by atoms with Crippen molar-refractivity contribution in [1.29, 1.82) is 0 Å². The maximum absolute atomic E-state index is 3.74. The average molecular weight is 1330 g/mol. The van der Waals surface area contributed by atoms with Crippen LogP contribution in [0.4, 0.5) is 0 Å². The van der Waals surface area contributed by atoms with Crippen LogP contribution in [0.15, 0.2) is 0 Å². The first-order chi connectivity index (χ1) is 46.2. The second-order valence-electron chi connectivity index (χ2n) is 47.5. The number of rotatable bonds is 6. The number of hydrogen-bond acceptors (Lipinski definition) is 2. The van der Waals surface area contributed by atoms with Crippen LogP contribution in [0.2, 0.25) is 17.5 Å². The zero-order chi connectivity index (χ0) is 67.1. The number of nitrogens with zero attached hydrogens (tertiary/aromatic N) is 2. The number of fused-ring (bicyclic) bond motifs is 4. The molecule has 0 aromatic rings. The van der Waals surface area contributed by atoms with Gasteiger partial charge in [0.1, 0.15) is 0 Å². The third kappa shape index (κ3) is 12.7. The zero-order valence-electron chi connectivity index (χ0n) is 66.9. The summed E-state index contributed by atoms with van der Waals surface area (Å²) < 4.78 is 0. The van der Waals surface area contributed by atoms with Gasteiger partial charge in [0.05, 0.1) is 0 Å². The Kier molecular flexibility index (Phi) is 19.1. The van der Waals surface area contributed by atoms with Crippen LogP contribution in [0.1, 0.15) is 361 Å². The van der Waals surface area contributed by atoms with E-state index in [1.165, 1.54) is 38.5 Å². The van der Waals surface area contributed by atoms with Crippen LogP contribution in [-0.4, -0.2) is 52.8 Å². The van der Waals surface area contributed by atoms with Gasteiger partial charge in [0.25, 0.3) is 0 Å². The summed E-state index contributed by atoms with van der Waals surface area (Å²) in [7, 11) is 0. The Balaban J connectivity index is 0.756. The van der Waals surface area contributed by atoms with Crippen molar-refractivity contribution < 1.29 is 0 Å². The van der Waals surface area contributed by atoms with E-state index in [0.717, 1.165) is 208 Å². The van der Waals surface area contributed by atoms with Crippen LogP contribution >= 0.6 is 0 Å². The largest absolute Gasteiger partial charge is 0.295 e. The van der Waals surface area contributed by atoms with Gasteiger partial charge in [-0.1, -0.05) is 194 Å². The van der Waals surface area contributed by atoms with Crippen molar-refractivity contribution >= 4 is 6.71 Å². The first kappa shape index (κ1) is 70.0. The Labute approximate surface area is 602 Å². The van der Waals surface area contributed by atoms with Crippen LogP contribution in [-0.2, 0) is 0 Å². The van der Waals surface area contributed by atoms with Gasteiger partial charge in [0, 0.05) is 36.3 Å². The Hall–Kier alpha value is -0.0151. The molecular formula is C94H159BN2. The minimum atomic E-state index is 0.359. The molecule has 15 saturated carbocycles. The van der Waals surface area contributed by atoms with Gasteiger partial charge >= 0.3 is 0 Å². The van der Waals surface area contributed by atoms with Crippen molar-refractivity contribution in [2.24, 2.45) is 175 Å². The molecule has 548 valence electrons. The third-order valence-electron chi connectivity index (χ3n) is 38.9. The molecule has 3 heteroatoms. The summed E-state index contributed by atoms with van der Waals surface area (Å²) in [5, 5.41) is 0. The molecule has 97 heavy (non-hydrogen) atoms. The van der Waals surface area contributed by atoms with E-state index >= 15 is 0 Å². The first-order valence-electron chi connectivity index (χ1n) is 45.8. The lowest BCUT2D eigenvalue weighted by Crippen LogP contribution is -2.75. The van der Waals surface area contributed by atoms with Gasteiger partial charge in [-0.15, -0.1) is 0 Å². The van der Waals surface area contributed by atoms with Crippen LogP contribution in [0, 0.1) is 175 Å². The highest BCUT2D eigenvalue weighted by Crippen LogP contribution is 2.72. The van der Waals surface area contributed by atoms with Gasteiger partial charge in [-0.3, -0.25) is 9.80 Å². The fourth-order valence-electron chi connectivity index (χ4n) is 34.2. The van der Waals surface area contributed by atoms with Crippen molar-refractivity contribution in [3.8, 4) is 0 Å². The SMILES string of the molecule is CC(C)(C)C1CC2CCC3CC(C(C)(C)C)CC4C(C5CCC6B7C8CCC(C9CC%10CC(C(C)(C)C)CC%11CCC%12CC(C(C)(C)C)CC9C%12C%11%10)CC8N(C8CCC(C9CCCCC9)CC8)C8CC(C(C)(C)C)CC(C78)N(C7CCC(C8CCCCC8)CC7)C6C5)CC(C1)C2C34. The van der Waals surface area contributed by atoms with E-state index in [9.17, 15) is 0 Å². The summed E-state index contributed by atoms with van der Waals surface area (Å²) in [6.45, 7) is 41.5. The monoisotopic (exact) mass is 1330 g/mol. The van der Waals surface area contributed by atoms with Crippen LogP contribution < -0.4 is 0 Å². The fraction of sp³-hybridized carbons (Fsp3) is 1.00. The van der Waals surface area contributed by atoms with Crippen LogP contribution in [0.3, 0.4) is 0 Å². The molecule has 0 spiro atoms. The second kappa shape index (κ2) is 26.4. The molecule has 17 fully saturated rings. The van der Waals surface area contributed by atoms with Gasteiger partial charge in [0.2, 0.25) is 0 Å². The Morgan fingerprint density at radius 1 is 0.216 bits per heavy atom. The Morgan fingerprint density at radius 3 is 0.856 bits per heavy atom. The molecule has 0 aromatic carbocycles. The van der Waals surface area contributed by atoms with E-state index in [-0.39, 0.29) is 0 Å². The number of hydrogen-bond donors (Lipinski definition) is 0. The molecule has 26 unspecified atom stereocenters. The summed E-state index contributed by atoms with van der Waals surface area (Å²) in [5.74, 6) is 27.8. The van der Waals surface area contributed by atoms with Gasteiger partial charge in [-0.05, 0) is 359 Å². The van der Waals surface area contributed by atoms with E-state index in [0.29, 0.717) is 27.1 Å². The normalized spacial score (nSPS) is 51.1. The molecule has 2 aliphatic heterocycles. The van der Waals surface area contributed by atoms with Crippen molar-refractivity contribution in [1.82, 2.24) is 9.80 Å². The molecule has 2 saturated heterocycles. The minimum Gasteiger partial charge on any atom is -0.295 e. The topological polar surface area (TPSA) is 6.48 Å². The molecule has 0 bridgehead atoms. The molecule has 0 aromatic heterocycles. The molecule has 26 atom stereocenters. The molecule has 2 heterocycles. The van der Waals surface area contributed by atoms with Gasteiger partial charge in [0.15, 0.2) is 6.71 Å². The smallest absolute Gasteiger partial charge is 0.156 e. The molecule has 17 aliphatic rings. The summed E-state index contributed by atoms with van der Waals surface area (Å²) in [5.41, 5.74) is 2.14. The first-order valence-corrected chi connectivity index (χ1v) is 45.8. The van der Waals surface area contributed by atoms with Crippen LogP contribution in [0.25, 0.3) is 0 Å². The lowest BCUT2D eigenvalue weighted by Gasteiger charge is -2.71. The predicted molar refractivity (Wildman–Crippen MR) is 413 cm³/mol. The van der Waals surface area contributed by atoms with Crippen molar-refractivity contribution in [2.75, 3.05) is 0 Å². The third-order valence-corrected chi connectivity index (χ3v) is 38.9. The highest BCUT2D eigenvalue weighted by Gasteiger charge is 2.69. The van der Waals surface area contributed by atoms with E-state index in [1.807, 2.05) is 0 Å². The predicted octanol–water partition coefficient (Wildman–Crippen LogP) is 25.9. The summed E-state index contributed by atoms with van der Waals surface area (Å²) in [4.78, 5) is 7.47. The standard InChI is InChI=1S/C94H159BN2/c1-90(2,3)68-42-62-26-28-64-44-70(92(7,8)9)52-77-75(48-66(46-68)85(62)87(64)77)60-34-40-79-81(50-60)96(73-36-30-58(31-37-73)56-22-18-16-19-23-56)83-54-72(94(13,14)15)55-84-89(83)95(79)80-41-35-61(51-82(80)97(84)74-38-32-59(33-39-74)57-24-20-17-21-25-57)76-49-67-47-69(91(4,5)6)43-63-27-29-65-45-71(93(10,11)12)53-78(76)88(65)86(63)67/h56-89H,16-55H2,1-15H3. The molecule has 0 amide bonds. The van der Waals surface area contributed by atoms with E-state index < -0.39 is 0 Å². The summed E-state index contributed by atoms with van der Waals surface area (Å²) in [6, 6.07) is 5.03.